The highest BCUT2D eigenvalue weighted by Crippen LogP contribution is 2.38. The van der Waals surface area contributed by atoms with Gasteiger partial charge < -0.3 is 10.6 Å². The van der Waals surface area contributed by atoms with Gasteiger partial charge in [0.25, 0.3) is 0 Å². The van der Waals surface area contributed by atoms with E-state index in [9.17, 15) is 9.59 Å². The second-order valence-electron chi connectivity index (χ2n) is 8.86. The third-order valence-electron chi connectivity index (χ3n) is 6.82. The highest BCUT2D eigenvalue weighted by molar-refractivity contribution is 6.32. The Morgan fingerprint density at radius 2 is 0.824 bits per heavy atom. The van der Waals surface area contributed by atoms with Crippen LogP contribution in [0.15, 0.2) is 72.8 Å². The molecule has 0 spiro atoms. The van der Waals surface area contributed by atoms with E-state index in [1.807, 2.05) is 62.4 Å². The van der Waals surface area contributed by atoms with Crippen molar-refractivity contribution in [2.75, 3.05) is 10.6 Å². The first kappa shape index (κ1) is 21.7. The van der Waals surface area contributed by atoms with Crippen molar-refractivity contribution in [3.63, 3.8) is 0 Å². The van der Waals surface area contributed by atoms with E-state index < -0.39 is 0 Å². The quantitative estimate of drug-likeness (QED) is 0.307. The highest BCUT2D eigenvalue weighted by atomic mass is 16.1. The molecule has 4 heteroatoms. The molecule has 0 saturated heterocycles. The van der Waals surface area contributed by atoms with Crippen molar-refractivity contribution in [1.82, 2.24) is 0 Å². The van der Waals surface area contributed by atoms with Crippen molar-refractivity contribution in [2.45, 2.75) is 27.7 Å². The van der Waals surface area contributed by atoms with Crippen molar-refractivity contribution in [3.05, 3.63) is 117 Å². The van der Waals surface area contributed by atoms with Crippen molar-refractivity contribution < 1.29 is 9.59 Å². The Balaban J connectivity index is 1.60. The molecule has 4 aromatic rings. The zero-order valence-electron chi connectivity index (χ0n) is 19.7. The van der Waals surface area contributed by atoms with Crippen LogP contribution < -0.4 is 10.6 Å². The Hall–Kier alpha value is -4.18. The van der Waals surface area contributed by atoms with Crippen LogP contribution in [0.25, 0.3) is 0 Å². The van der Waals surface area contributed by atoms with E-state index in [1.54, 1.807) is 12.1 Å². The van der Waals surface area contributed by atoms with Gasteiger partial charge in [0, 0.05) is 22.5 Å². The molecule has 4 aromatic carbocycles. The Labute approximate surface area is 199 Å². The summed E-state index contributed by atoms with van der Waals surface area (Å²) in [5, 5.41) is 6.80. The molecule has 34 heavy (non-hydrogen) atoms. The molecule has 0 saturated carbocycles. The molecule has 1 aliphatic rings. The van der Waals surface area contributed by atoms with Crippen LogP contribution in [0.5, 0.6) is 0 Å². The average Bonchev–Trinajstić information content (AvgIpc) is 2.83. The first-order chi connectivity index (χ1) is 16.4. The van der Waals surface area contributed by atoms with E-state index in [2.05, 4.69) is 36.6 Å². The number of carbonyl (C=O) groups excluding carboxylic acids is 2. The number of aryl methyl sites for hydroxylation is 2. The molecule has 4 nitrogen and oxygen atoms in total. The van der Waals surface area contributed by atoms with Crippen molar-refractivity contribution in [3.8, 4) is 0 Å². The fourth-order valence-electron chi connectivity index (χ4n) is 4.51. The third-order valence-corrected chi connectivity index (χ3v) is 6.82. The molecule has 0 aromatic heterocycles. The van der Waals surface area contributed by atoms with Crippen LogP contribution in [0, 0.1) is 27.7 Å². The van der Waals surface area contributed by atoms with E-state index in [4.69, 9.17) is 0 Å². The maximum Gasteiger partial charge on any atom is 0.196 e. The predicted molar refractivity (Wildman–Crippen MR) is 138 cm³/mol. The first-order valence-corrected chi connectivity index (χ1v) is 11.4. The Morgan fingerprint density at radius 1 is 0.471 bits per heavy atom. The number of fused-ring (bicyclic) bond motifs is 2. The normalized spacial score (nSPS) is 12.2. The summed E-state index contributed by atoms with van der Waals surface area (Å²) in [5.41, 5.74) is 9.33. The van der Waals surface area contributed by atoms with E-state index in [0.29, 0.717) is 33.6 Å². The van der Waals surface area contributed by atoms with Gasteiger partial charge in [-0.25, -0.2) is 0 Å². The Morgan fingerprint density at radius 3 is 1.24 bits per heavy atom. The van der Waals surface area contributed by atoms with E-state index >= 15 is 0 Å². The summed E-state index contributed by atoms with van der Waals surface area (Å²) in [5.74, 6) is -0.301. The van der Waals surface area contributed by atoms with Crippen LogP contribution in [0.3, 0.4) is 0 Å². The second kappa shape index (κ2) is 8.31. The molecule has 0 aliphatic heterocycles. The maximum atomic E-state index is 13.7. The molecular weight excluding hydrogens is 420 g/mol. The molecule has 0 bridgehead atoms. The van der Waals surface area contributed by atoms with E-state index in [0.717, 1.165) is 33.6 Å². The largest absolute Gasteiger partial charge is 0.355 e. The number of anilines is 4. The molecule has 0 unspecified atom stereocenters. The van der Waals surface area contributed by atoms with Gasteiger partial charge in [0.1, 0.15) is 0 Å². The SMILES string of the molecule is Cc1cccc(Nc2cccc3c2C(=O)c2cccc(Nc4cccc(C)c4C)c2C3=O)c1C. The second-order valence-corrected chi connectivity index (χ2v) is 8.86. The van der Waals surface area contributed by atoms with Gasteiger partial charge in [0.05, 0.1) is 22.5 Å². The van der Waals surface area contributed by atoms with Gasteiger partial charge in [-0.05, 0) is 74.2 Å². The molecule has 0 radical (unpaired) electrons. The zero-order chi connectivity index (χ0) is 24.0. The van der Waals surface area contributed by atoms with Crippen LogP contribution >= 0.6 is 0 Å². The summed E-state index contributed by atoms with van der Waals surface area (Å²) in [6, 6.07) is 22.9. The maximum absolute atomic E-state index is 13.7. The summed E-state index contributed by atoms with van der Waals surface area (Å²) in [6.07, 6.45) is 0. The molecule has 0 fully saturated rings. The van der Waals surface area contributed by atoms with Gasteiger partial charge in [-0.3, -0.25) is 9.59 Å². The van der Waals surface area contributed by atoms with E-state index in [-0.39, 0.29) is 11.6 Å². The third kappa shape index (κ3) is 3.48. The van der Waals surface area contributed by atoms with Crippen LogP contribution in [-0.4, -0.2) is 11.6 Å². The number of hydrogen-bond donors (Lipinski definition) is 2. The molecular formula is C30H26N2O2. The minimum absolute atomic E-state index is 0.150. The lowest BCUT2D eigenvalue weighted by molar-refractivity contribution is 0.0980. The molecule has 168 valence electrons. The minimum Gasteiger partial charge on any atom is -0.355 e. The van der Waals surface area contributed by atoms with Gasteiger partial charge in [-0.15, -0.1) is 0 Å². The fourth-order valence-corrected chi connectivity index (χ4v) is 4.51. The summed E-state index contributed by atoms with van der Waals surface area (Å²) in [6.45, 7) is 8.19. The number of carbonyl (C=O) groups is 2. The smallest absolute Gasteiger partial charge is 0.196 e. The number of rotatable bonds is 4. The van der Waals surface area contributed by atoms with Gasteiger partial charge in [0.15, 0.2) is 11.6 Å². The minimum atomic E-state index is -0.150. The molecule has 2 N–H and O–H groups in total. The lowest BCUT2D eigenvalue weighted by Gasteiger charge is -2.24. The van der Waals surface area contributed by atoms with Gasteiger partial charge in [0.2, 0.25) is 0 Å². The molecule has 0 atom stereocenters. The van der Waals surface area contributed by atoms with Crippen LogP contribution in [0.4, 0.5) is 22.7 Å². The Bertz CT molecular complexity index is 1370. The van der Waals surface area contributed by atoms with Crippen LogP contribution in [0.1, 0.15) is 54.1 Å². The summed E-state index contributed by atoms with van der Waals surface area (Å²) in [4.78, 5) is 27.4. The lowest BCUT2D eigenvalue weighted by Crippen LogP contribution is -2.23. The monoisotopic (exact) mass is 446 g/mol. The number of hydrogen-bond acceptors (Lipinski definition) is 4. The summed E-state index contributed by atoms with van der Waals surface area (Å²) < 4.78 is 0. The standard InChI is InChI=1S/C30H26N2O2/c1-17-9-5-13-23(19(17)3)31-25-15-7-11-21-27(25)29(33)22-12-8-16-26(28(22)30(21)34)32-24-14-6-10-18(2)20(24)4/h5-16,31-32H,1-4H3. The number of benzene rings is 4. The van der Waals surface area contributed by atoms with Gasteiger partial charge in [-0.2, -0.15) is 0 Å². The molecule has 0 heterocycles. The van der Waals surface area contributed by atoms with Gasteiger partial charge in [-0.1, -0.05) is 48.5 Å². The number of ketones is 2. The fraction of sp³-hybridized carbons (Fsp3) is 0.133. The zero-order valence-corrected chi connectivity index (χ0v) is 19.7. The summed E-state index contributed by atoms with van der Waals surface area (Å²) in [7, 11) is 0. The Kier molecular flexibility index (Phi) is 5.29. The average molecular weight is 447 g/mol. The molecule has 5 rings (SSSR count). The number of nitrogens with one attached hydrogen (secondary N) is 2. The topological polar surface area (TPSA) is 58.2 Å². The van der Waals surface area contributed by atoms with Crippen molar-refractivity contribution >= 4 is 34.3 Å². The predicted octanol–water partition coefficient (Wildman–Crippen LogP) is 7.18. The van der Waals surface area contributed by atoms with Crippen molar-refractivity contribution in [1.29, 1.82) is 0 Å². The van der Waals surface area contributed by atoms with Gasteiger partial charge >= 0.3 is 0 Å². The lowest BCUT2D eigenvalue weighted by atomic mass is 9.82. The van der Waals surface area contributed by atoms with E-state index in [1.165, 1.54) is 0 Å². The first-order valence-electron chi connectivity index (χ1n) is 11.4. The highest BCUT2D eigenvalue weighted by Gasteiger charge is 2.33. The van der Waals surface area contributed by atoms with Crippen LogP contribution in [0.2, 0.25) is 0 Å². The molecule has 1 aliphatic carbocycles. The van der Waals surface area contributed by atoms with Crippen molar-refractivity contribution in [2.24, 2.45) is 0 Å². The van der Waals surface area contributed by atoms with Crippen LogP contribution in [-0.2, 0) is 0 Å². The molecule has 0 amide bonds. The summed E-state index contributed by atoms with van der Waals surface area (Å²) >= 11 is 0.